The Bertz CT molecular complexity index is 318. The molecule has 2 N–H and O–H groups in total. The smallest absolute Gasteiger partial charge is 0.120 e. The van der Waals surface area contributed by atoms with Crippen LogP contribution in [0.4, 0.5) is 0 Å². The maximum atomic E-state index is 8.65. The first-order valence-corrected chi connectivity index (χ1v) is 6.30. The van der Waals surface area contributed by atoms with Crippen LogP contribution in [-0.4, -0.2) is 24.9 Å². The summed E-state index contributed by atoms with van der Waals surface area (Å²) in [4.78, 5) is 0. The molecule has 0 saturated carbocycles. The van der Waals surface area contributed by atoms with Crippen molar-refractivity contribution < 1.29 is 9.84 Å². The van der Waals surface area contributed by atoms with Crippen molar-refractivity contribution in [1.29, 1.82) is 0 Å². The van der Waals surface area contributed by atoms with Crippen LogP contribution in [0.3, 0.4) is 0 Å². The van der Waals surface area contributed by atoms with Crippen LogP contribution >= 0.6 is 15.9 Å². The standard InChI is InChI=1S/C12H18BrNO2/c1-2-5-14-9-10-3-4-11(8-12(10)13)16-7-6-15/h3-4,8,14-15H,2,5-7,9H2,1H3. The Labute approximate surface area is 105 Å². The SMILES string of the molecule is CCCNCc1ccc(OCCO)cc1Br. The first-order valence-electron chi connectivity index (χ1n) is 5.50. The van der Waals surface area contributed by atoms with Crippen molar-refractivity contribution in [2.45, 2.75) is 19.9 Å². The van der Waals surface area contributed by atoms with E-state index in [1.54, 1.807) is 0 Å². The summed E-state index contributed by atoms with van der Waals surface area (Å²) in [6.07, 6.45) is 1.13. The predicted molar refractivity (Wildman–Crippen MR) is 68.7 cm³/mol. The van der Waals surface area contributed by atoms with Crippen molar-refractivity contribution in [3.63, 3.8) is 0 Å². The number of nitrogens with one attached hydrogen (secondary N) is 1. The molecule has 0 amide bonds. The Morgan fingerprint density at radius 2 is 2.25 bits per heavy atom. The van der Waals surface area contributed by atoms with Crippen LogP contribution in [0.2, 0.25) is 0 Å². The Balaban J connectivity index is 2.53. The molecular formula is C12H18BrNO2. The van der Waals surface area contributed by atoms with E-state index in [2.05, 4.69) is 28.2 Å². The van der Waals surface area contributed by atoms with Gasteiger partial charge < -0.3 is 15.2 Å². The van der Waals surface area contributed by atoms with Crippen LogP contribution in [0.25, 0.3) is 0 Å². The molecule has 0 saturated heterocycles. The largest absolute Gasteiger partial charge is 0.491 e. The molecule has 0 heterocycles. The average Bonchev–Trinajstić information content (AvgIpc) is 2.29. The molecule has 0 radical (unpaired) electrons. The molecule has 0 spiro atoms. The minimum atomic E-state index is 0.0391. The first kappa shape index (κ1) is 13.5. The zero-order chi connectivity index (χ0) is 11.8. The zero-order valence-corrected chi connectivity index (χ0v) is 11.1. The first-order chi connectivity index (χ1) is 7.77. The number of aliphatic hydroxyl groups excluding tert-OH is 1. The van der Waals surface area contributed by atoms with Crippen LogP contribution in [0.1, 0.15) is 18.9 Å². The number of ether oxygens (including phenoxy) is 1. The van der Waals surface area contributed by atoms with E-state index in [0.717, 1.165) is 29.7 Å². The molecule has 0 aliphatic rings. The normalized spacial score (nSPS) is 10.4. The van der Waals surface area contributed by atoms with Gasteiger partial charge in [-0.15, -0.1) is 0 Å². The summed E-state index contributed by atoms with van der Waals surface area (Å²) in [6.45, 7) is 4.40. The van der Waals surface area contributed by atoms with E-state index in [1.807, 2.05) is 18.2 Å². The summed E-state index contributed by atoms with van der Waals surface area (Å²) in [7, 11) is 0. The lowest BCUT2D eigenvalue weighted by Crippen LogP contribution is -2.14. The van der Waals surface area contributed by atoms with Crippen LogP contribution in [0.15, 0.2) is 22.7 Å². The summed E-state index contributed by atoms with van der Waals surface area (Å²) < 4.78 is 6.35. The van der Waals surface area contributed by atoms with Crippen molar-refractivity contribution in [1.82, 2.24) is 5.32 Å². The highest BCUT2D eigenvalue weighted by Crippen LogP contribution is 2.23. The highest BCUT2D eigenvalue weighted by molar-refractivity contribution is 9.10. The summed E-state index contributed by atoms with van der Waals surface area (Å²) >= 11 is 3.51. The molecule has 0 bridgehead atoms. The summed E-state index contributed by atoms with van der Waals surface area (Å²) in [5.74, 6) is 0.778. The maximum Gasteiger partial charge on any atom is 0.120 e. The summed E-state index contributed by atoms with van der Waals surface area (Å²) in [6, 6.07) is 5.88. The van der Waals surface area contributed by atoms with Crippen molar-refractivity contribution in [2.75, 3.05) is 19.8 Å². The van der Waals surface area contributed by atoms with Crippen molar-refractivity contribution in [3.8, 4) is 5.75 Å². The van der Waals surface area contributed by atoms with E-state index in [0.29, 0.717) is 6.61 Å². The molecule has 4 heteroatoms. The van der Waals surface area contributed by atoms with Gasteiger partial charge in [-0.2, -0.15) is 0 Å². The van der Waals surface area contributed by atoms with Crippen LogP contribution in [0.5, 0.6) is 5.75 Å². The van der Waals surface area contributed by atoms with Gasteiger partial charge in [-0.05, 0) is 30.7 Å². The van der Waals surface area contributed by atoms with E-state index in [1.165, 1.54) is 5.56 Å². The Morgan fingerprint density at radius 3 is 2.88 bits per heavy atom. The van der Waals surface area contributed by atoms with Crippen LogP contribution in [-0.2, 0) is 6.54 Å². The fourth-order valence-electron chi connectivity index (χ4n) is 1.32. The topological polar surface area (TPSA) is 41.5 Å². The molecule has 16 heavy (non-hydrogen) atoms. The van der Waals surface area contributed by atoms with E-state index in [9.17, 15) is 0 Å². The highest BCUT2D eigenvalue weighted by Gasteiger charge is 2.01. The van der Waals surface area contributed by atoms with Gasteiger partial charge in [0.15, 0.2) is 0 Å². The highest BCUT2D eigenvalue weighted by atomic mass is 79.9. The van der Waals surface area contributed by atoms with E-state index in [-0.39, 0.29) is 6.61 Å². The van der Waals surface area contributed by atoms with Gasteiger partial charge in [0, 0.05) is 11.0 Å². The van der Waals surface area contributed by atoms with Gasteiger partial charge in [-0.1, -0.05) is 28.9 Å². The molecule has 1 aromatic rings. The van der Waals surface area contributed by atoms with Crippen molar-refractivity contribution in [3.05, 3.63) is 28.2 Å². The van der Waals surface area contributed by atoms with Gasteiger partial charge >= 0.3 is 0 Å². The second-order valence-corrected chi connectivity index (χ2v) is 4.36. The number of hydrogen-bond donors (Lipinski definition) is 2. The Hall–Kier alpha value is -0.580. The number of benzene rings is 1. The second-order valence-electron chi connectivity index (χ2n) is 3.50. The molecule has 0 fully saturated rings. The molecule has 1 rings (SSSR count). The van der Waals surface area contributed by atoms with Gasteiger partial charge in [0.1, 0.15) is 12.4 Å². The summed E-state index contributed by atoms with van der Waals surface area (Å²) in [5.41, 5.74) is 1.21. The second kappa shape index (κ2) is 7.65. The Kier molecular flexibility index (Phi) is 6.45. The van der Waals surface area contributed by atoms with E-state index in [4.69, 9.17) is 9.84 Å². The minimum Gasteiger partial charge on any atom is -0.491 e. The van der Waals surface area contributed by atoms with Crippen LogP contribution in [0, 0.1) is 0 Å². The van der Waals surface area contributed by atoms with E-state index >= 15 is 0 Å². The molecule has 1 aromatic carbocycles. The Morgan fingerprint density at radius 1 is 1.44 bits per heavy atom. The predicted octanol–water partition coefficient (Wildman–Crippen LogP) is 2.32. The number of rotatable bonds is 7. The van der Waals surface area contributed by atoms with Crippen molar-refractivity contribution in [2.24, 2.45) is 0 Å². The third-order valence-corrected chi connectivity index (χ3v) is 2.86. The molecule has 0 unspecified atom stereocenters. The van der Waals surface area contributed by atoms with Gasteiger partial charge in [0.05, 0.1) is 6.61 Å². The fourth-order valence-corrected chi connectivity index (χ4v) is 1.82. The number of aliphatic hydroxyl groups is 1. The molecule has 0 aromatic heterocycles. The molecule has 0 aliphatic carbocycles. The summed E-state index contributed by atoms with van der Waals surface area (Å²) in [5, 5.41) is 12.0. The van der Waals surface area contributed by atoms with E-state index < -0.39 is 0 Å². The third kappa shape index (κ3) is 4.51. The molecular weight excluding hydrogens is 270 g/mol. The molecule has 0 aliphatic heterocycles. The van der Waals surface area contributed by atoms with Gasteiger partial charge in [0.25, 0.3) is 0 Å². The lowest BCUT2D eigenvalue weighted by Gasteiger charge is -2.09. The quantitative estimate of drug-likeness (QED) is 0.757. The lowest BCUT2D eigenvalue weighted by molar-refractivity contribution is 0.201. The van der Waals surface area contributed by atoms with Gasteiger partial charge in [-0.3, -0.25) is 0 Å². The molecule has 0 atom stereocenters. The zero-order valence-electron chi connectivity index (χ0n) is 9.50. The van der Waals surface area contributed by atoms with Crippen LogP contribution < -0.4 is 10.1 Å². The third-order valence-electron chi connectivity index (χ3n) is 2.13. The van der Waals surface area contributed by atoms with Gasteiger partial charge in [-0.25, -0.2) is 0 Å². The number of halogens is 1. The maximum absolute atomic E-state index is 8.65. The number of hydrogen-bond acceptors (Lipinski definition) is 3. The minimum absolute atomic E-state index is 0.0391. The lowest BCUT2D eigenvalue weighted by atomic mass is 10.2. The van der Waals surface area contributed by atoms with Gasteiger partial charge in [0.2, 0.25) is 0 Å². The molecule has 90 valence electrons. The van der Waals surface area contributed by atoms with Crippen molar-refractivity contribution >= 4 is 15.9 Å². The molecule has 3 nitrogen and oxygen atoms in total. The fraction of sp³-hybridized carbons (Fsp3) is 0.500. The monoisotopic (exact) mass is 287 g/mol. The average molecular weight is 288 g/mol.